The molecule has 20 heavy (non-hydrogen) atoms. The van der Waals surface area contributed by atoms with Crippen molar-refractivity contribution in [1.82, 2.24) is 19.9 Å². The summed E-state index contributed by atoms with van der Waals surface area (Å²) in [5, 5.41) is 3.57. The number of nitrogens with zero attached hydrogens (tertiary/aromatic N) is 3. The Hall–Kier alpha value is -1.66. The third-order valence-electron chi connectivity index (χ3n) is 3.16. The lowest BCUT2D eigenvalue weighted by Gasteiger charge is -2.15. The Morgan fingerprint density at radius 2 is 2.15 bits per heavy atom. The molecule has 3 rings (SSSR count). The van der Waals surface area contributed by atoms with Crippen LogP contribution in [-0.4, -0.2) is 19.9 Å². The zero-order valence-electron chi connectivity index (χ0n) is 11.4. The largest absolute Gasteiger partial charge is 0.362 e. The van der Waals surface area contributed by atoms with E-state index in [-0.39, 0.29) is 11.3 Å². The number of H-pyrrole nitrogens is 1. The summed E-state index contributed by atoms with van der Waals surface area (Å²) >= 11 is 7.73. The van der Waals surface area contributed by atoms with Crippen molar-refractivity contribution in [1.29, 1.82) is 0 Å². The second kappa shape index (κ2) is 5.03. The second-order valence-corrected chi connectivity index (χ2v) is 6.48. The third-order valence-corrected chi connectivity index (χ3v) is 4.31. The van der Waals surface area contributed by atoms with Gasteiger partial charge in [-0.15, -0.1) is 11.3 Å². The number of anilines is 1. The number of rotatable bonds is 3. The molecule has 0 amide bonds. The second-order valence-electron chi connectivity index (χ2n) is 4.68. The number of thiophene rings is 1. The molecule has 3 heterocycles. The van der Waals surface area contributed by atoms with Gasteiger partial charge in [0.25, 0.3) is 0 Å². The van der Waals surface area contributed by atoms with Gasteiger partial charge < -0.3 is 10.3 Å². The van der Waals surface area contributed by atoms with Gasteiger partial charge in [0, 0.05) is 9.75 Å². The molecule has 0 aliphatic rings. The Morgan fingerprint density at radius 3 is 2.85 bits per heavy atom. The van der Waals surface area contributed by atoms with Gasteiger partial charge in [-0.2, -0.15) is 9.97 Å². The van der Waals surface area contributed by atoms with Crippen LogP contribution in [0.2, 0.25) is 5.28 Å². The highest BCUT2D eigenvalue weighted by molar-refractivity contribution is 7.12. The highest BCUT2D eigenvalue weighted by atomic mass is 35.5. The lowest BCUT2D eigenvalue weighted by Crippen LogP contribution is -2.09. The first-order chi connectivity index (χ1) is 9.54. The van der Waals surface area contributed by atoms with E-state index < -0.39 is 0 Å². The molecule has 0 fully saturated rings. The molecule has 0 saturated heterocycles. The van der Waals surface area contributed by atoms with Crippen molar-refractivity contribution >= 4 is 39.9 Å². The Kier molecular flexibility index (Phi) is 3.35. The van der Waals surface area contributed by atoms with Crippen LogP contribution in [0.4, 0.5) is 5.82 Å². The molecule has 3 aromatic rings. The molecule has 1 atom stereocenters. The summed E-state index contributed by atoms with van der Waals surface area (Å²) < 4.78 is 0. The number of halogens is 1. The van der Waals surface area contributed by atoms with Gasteiger partial charge in [-0.05, 0) is 44.0 Å². The lowest BCUT2D eigenvalue weighted by molar-refractivity contribution is 0.872. The maximum atomic E-state index is 5.93. The number of nitrogens with one attached hydrogen (secondary N) is 2. The summed E-state index contributed by atoms with van der Waals surface area (Å²) in [6.07, 6.45) is 1.59. The van der Waals surface area contributed by atoms with E-state index in [0.717, 1.165) is 5.52 Å². The highest BCUT2D eigenvalue weighted by Crippen LogP contribution is 2.29. The predicted octanol–water partition coefficient (Wildman–Crippen LogP) is 3.86. The van der Waals surface area contributed by atoms with E-state index in [1.54, 1.807) is 17.7 Å². The smallest absolute Gasteiger partial charge is 0.226 e. The van der Waals surface area contributed by atoms with Crippen molar-refractivity contribution in [3.63, 3.8) is 0 Å². The maximum absolute atomic E-state index is 5.93. The highest BCUT2D eigenvalue weighted by Gasteiger charge is 2.15. The monoisotopic (exact) mass is 307 g/mol. The van der Waals surface area contributed by atoms with Gasteiger partial charge in [0.15, 0.2) is 11.5 Å². The number of hydrogen-bond donors (Lipinski definition) is 2. The molecule has 3 aromatic heterocycles. The fourth-order valence-electron chi connectivity index (χ4n) is 2.27. The Balaban J connectivity index is 1.96. The van der Waals surface area contributed by atoms with Crippen molar-refractivity contribution in [2.24, 2.45) is 0 Å². The first kappa shape index (κ1) is 13.3. The molecule has 0 bridgehead atoms. The summed E-state index contributed by atoms with van der Waals surface area (Å²) in [6, 6.07) is 2.34. The average Bonchev–Trinajstić information content (AvgIpc) is 2.95. The normalized spacial score (nSPS) is 12.8. The molecule has 0 saturated carbocycles. The van der Waals surface area contributed by atoms with Gasteiger partial charge in [-0.25, -0.2) is 4.98 Å². The van der Waals surface area contributed by atoms with Crippen molar-refractivity contribution in [3.8, 4) is 0 Å². The predicted molar refractivity (Wildman–Crippen MR) is 82.5 cm³/mol. The van der Waals surface area contributed by atoms with Crippen LogP contribution >= 0.6 is 22.9 Å². The van der Waals surface area contributed by atoms with Crippen molar-refractivity contribution in [2.45, 2.75) is 26.8 Å². The van der Waals surface area contributed by atoms with E-state index in [1.165, 1.54) is 15.3 Å². The van der Waals surface area contributed by atoms with Crippen LogP contribution in [0.1, 0.15) is 28.3 Å². The number of aromatic nitrogens is 4. The zero-order valence-corrected chi connectivity index (χ0v) is 12.9. The van der Waals surface area contributed by atoms with E-state index in [9.17, 15) is 0 Å². The van der Waals surface area contributed by atoms with Gasteiger partial charge >= 0.3 is 0 Å². The fraction of sp³-hybridized carbons (Fsp3) is 0.308. The summed E-state index contributed by atoms with van der Waals surface area (Å²) in [7, 11) is 0. The van der Waals surface area contributed by atoms with E-state index in [2.05, 4.69) is 52.1 Å². The zero-order chi connectivity index (χ0) is 14.3. The maximum Gasteiger partial charge on any atom is 0.226 e. The number of imidazole rings is 1. The van der Waals surface area contributed by atoms with E-state index in [4.69, 9.17) is 11.6 Å². The molecular formula is C13H14ClN5S. The quantitative estimate of drug-likeness (QED) is 0.721. The summed E-state index contributed by atoms with van der Waals surface area (Å²) in [5.41, 5.74) is 2.61. The van der Waals surface area contributed by atoms with E-state index >= 15 is 0 Å². The minimum absolute atomic E-state index is 0.136. The molecule has 2 N–H and O–H groups in total. The summed E-state index contributed by atoms with van der Waals surface area (Å²) in [6.45, 7) is 6.35. The van der Waals surface area contributed by atoms with Crippen LogP contribution in [0.5, 0.6) is 0 Å². The summed E-state index contributed by atoms with van der Waals surface area (Å²) in [4.78, 5) is 18.1. The number of fused-ring (bicyclic) bond motifs is 1. The molecule has 0 aliphatic carbocycles. The van der Waals surface area contributed by atoms with Gasteiger partial charge in [0.1, 0.15) is 5.52 Å². The molecule has 0 aromatic carbocycles. The van der Waals surface area contributed by atoms with E-state index in [0.29, 0.717) is 11.5 Å². The molecule has 0 radical (unpaired) electrons. The molecule has 5 nitrogen and oxygen atoms in total. The van der Waals surface area contributed by atoms with Crippen LogP contribution in [0.3, 0.4) is 0 Å². The Bertz CT molecular complexity index is 763. The van der Waals surface area contributed by atoms with Crippen LogP contribution in [0.25, 0.3) is 11.2 Å². The van der Waals surface area contributed by atoms with Gasteiger partial charge in [0.2, 0.25) is 5.28 Å². The SMILES string of the molecule is Cc1cc(C(C)Nc2nc(Cl)nc3nc[nH]c23)c(C)s1. The van der Waals surface area contributed by atoms with Crippen molar-refractivity contribution < 1.29 is 0 Å². The van der Waals surface area contributed by atoms with Crippen LogP contribution < -0.4 is 5.32 Å². The van der Waals surface area contributed by atoms with Gasteiger partial charge in [-0.1, -0.05) is 0 Å². The van der Waals surface area contributed by atoms with Crippen LogP contribution in [0, 0.1) is 13.8 Å². The van der Waals surface area contributed by atoms with Gasteiger partial charge in [0.05, 0.1) is 12.4 Å². The molecule has 0 aliphatic heterocycles. The molecule has 1 unspecified atom stereocenters. The topological polar surface area (TPSA) is 66.5 Å². The van der Waals surface area contributed by atoms with Gasteiger partial charge in [-0.3, -0.25) is 0 Å². The Morgan fingerprint density at radius 1 is 1.35 bits per heavy atom. The first-order valence-electron chi connectivity index (χ1n) is 6.24. The Labute approximate surface area is 125 Å². The molecule has 7 heteroatoms. The molecule has 0 spiro atoms. The third kappa shape index (κ3) is 2.36. The minimum atomic E-state index is 0.136. The number of aromatic amines is 1. The lowest BCUT2D eigenvalue weighted by atomic mass is 10.1. The summed E-state index contributed by atoms with van der Waals surface area (Å²) in [5.74, 6) is 0.674. The average molecular weight is 308 g/mol. The molecular weight excluding hydrogens is 294 g/mol. The number of aryl methyl sites for hydroxylation is 2. The van der Waals surface area contributed by atoms with Crippen molar-refractivity contribution in [3.05, 3.63) is 33.0 Å². The minimum Gasteiger partial charge on any atom is -0.362 e. The van der Waals surface area contributed by atoms with Crippen LogP contribution in [0.15, 0.2) is 12.4 Å². The number of hydrogen-bond acceptors (Lipinski definition) is 5. The van der Waals surface area contributed by atoms with Crippen LogP contribution in [-0.2, 0) is 0 Å². The fourth-order valence-corrected chi connectivity index (χ4v) is 3.46. The van der Waals surface area contributed by atoms with Crippen molar-refractivity contribution in [2.75, 3.05) is 5.32 Å². The standard InChI is InChI=1S/C13H14ClN5S/c1-6-4-9(8(3)20-6)7(2)17-12-10-11(16-5-15-10)18-13(14)19-12/h4-5,7H,1-3H3,(H2,15,16,17,18,19). The van der Waals surface area contributed by atoms with E-state index in [1.807, 2.05) is 0 Å². The first-order valence-corrected chi connectivity index (χ1v) is 7.44. The molecule has 104 valence electrons.